The van der Waals surface area contributed by atoms with Crippen molar-refractivity contribution in [2.45, 2.75) is 26.4 Å². The van der Waals surface area contributed by atoms with E-state index in [0.717, 1.165) is 43.0 Å². The van der Waals surface area contributed by atoms with Crippen molar-refractivity contribution >= 4 is 5.91 Å². The third-order valence-corrected chi connectivity index (χ3v) is 5.22. The molecule has 2 heterocycles. The zero-order valence-corrected chi connectivity index (χ0v) is 15.0. The van der Waals surface area contributed by atoms with Crippen molar-refractivity contribution in [3.63, 3.8) is 0 Å². The minimum Gasteiger partial charge on any atom is -0.312 e. The predicted molar refractivity (Wildman–Crippen MR) is 94.3 cm³/mol. The van der Waals surface area contributed by atoms with Gasteiger partial charge in [0, 0.05) is 57.0 Å². The lowest BCUT2D eigenvalue weighted by Crippen LogP contribution is -2.46. The van der Waals surface area contributed by atoms with Gasteiger partial charge in [-0.1, -0.05) is 19.1 Å². The molecule has 4 nitrogen and oxygen atoms in total. The molecule has 0 spiro atoms. The highest BCUT2D eigenvalue weighted by molar-refractivity contribution is 5.95. The number of halogens is 1. The first-order valence-corrected chi connectivity index (χ1v) is 8.89. The lowest BCUT2D eigenvalue weighted by molar-refractivity contribution is -0.126. The van der Waals surface area contributed by atoms with Gasteiger partial charge in [-0.05, 0) is 31.5 Å². The van der Waals surface area contributed by atoms with E-state index in [1.807, 2.05) is 25.2 Å². The van der Waals surface area contributed by atoms with E-state index in [0.29, 0.717) is 25.4 Å². The molecule has 1 amide bonds. The molecule has 0 radical (unpaired) electrons. The molecular formula is C19H28FN3O. The van der Waals surface area contributed by atoms with E-state index in [2.05, 4.69) is 23.8 Å². The zero-order valence-electron chi connectivity index (χ0n) is 15.0. The predicted octanol–water partition coefficient (Wildman–Crippen LogP) is 2.21. The maximum absolute atomic E-state index is 14.7. The van der Waals surface area contributed by atoms with E-state index in [4.69, 9.17) is 0 Å². The van der Waals surface area contributed by atoms with Gasteiger partial charge in [0.15, 0.2) is 0 Å². The Balaban J connectivity index is 1.68. The van der Waals surface area contributed by atoms with Gasteiger partial charge in [-0.2, -0.15) is 0 Å². The Bertz CT molecular complexity index is 587. The van der Waals surface area contributed by atoms with Crippen LogP contribution in [0.1, 0.15) is 20.3 Å². The molecule has 0 N–H and O–H groups in total. The van der Waals surface area contributed by atoms with Crippen LogP contribution in [0.4, 0.5) is 4.39 Å². The number of carbonyl (C=O) groups is 1. The maximum Gasteiger partial charge on any atom is 0.253 e. The number of amides is 1. The summed E-state index contributed by atoms with van der Waals surface area (Å²) >= 11 is 0. The van der Waals surface area contributed by atoms with Gasteiger partial charge < -0.3 is 9.80 Å². The minimum absolute atomic E-state index is 0.0162. The van der Waals surface area contributed by atoms with Gasteiger partial charge in [0.1, 0.15) is 6.17 Å². The quantitative estimate of drug-likeness (QED) is 0.792. The lowest BCUT2D eigenvalue weighted by Gasteiger charge is -2.36. The molecular weight excluding hydrogens is 305 g/mol. The summed E-state index contributed by atoms with van der Waals surface area (Å²) in [6.07, 6.45) is 5.17. The van der Waals surface area contributed by atoms with Crippen molar-refractivity contribution in [1.29, 1.82) is 0 Å². The van der Waals surface area contributed by atoms with Crippen molar-refractivity contribution in [2.24, 2.45) is 5.92 Å². The first-order valence-electron chi connectivity index (χ1n) is 8.89. The van der Waals surface area contributed by atoms with Crippen molar-refractivity contribution in [3.05, 3.63) is 35.1 Å². The smallest absolute Gasteiger partial charge is 0.253 e. The topological polar surface area (TPSA) is 26.8 Å². The number of allylic oxidation sites excluding steroid dienone is 3. The molecule has 3 rings (SSSR count). The average molecular weight is 333 g/mol. The van der Waals surface area contributed by atoms with E-state index in [1.165, 1.54) is 0 Å². The van der Waals surface area contributed by atoms with Gasteiger partial charge >= 0.3 is 0 Å². The molecule has 24 heavy (non-hydrogen) atoms. The second-order valence-corrected chi connectivity index (χ2v) is 7.39. The Morgan fingerprint density at radius 1 is 1.21 bits per heavy atom. The van der Waals surface area contributed by atoms with Gasteiger partial charge in [0.25, 0.3) is 5.91 Å². The number of rotatable bonds is 3. The fourth-order valence-corrected chi connectivity index (χ4v) is 3.69. The fraction of sp³-hybridized carbons (Fsp3) is 0.632. The Kier molecular flexibility index (Phi) is 5.21. The van der Waals surface area contributed by atoms with Gasteiger partial charge in [-0.25, -0.2) is 4.39 Å². The number of likely N-dealkylation sites (N-methyl/N-ethyl adjacent to an activating group) is 1. The van der Waals surface area contributed by atoms with Crippen LogP contribution >= 0.6 is 0 Å². The van der Waals surface area contributed by atoms with E-state index in [9.17, 15) is 9.18 Å². The average Bonchev–Trinajstić information content (AvgIpc) is 2.55. The SMILES string of the molecule is CC1=CC(C)CN(C2=CC=C(CN3CCN(C)CC3)C(F)C2)C1=O. The molecule has 132 valence electrons. The highest BCUT2D eigenvalue weighted by Crippen LogP contribution is 2.29. The number of piperazine rings is 1. The molecule has 1 aliphatic carbocycles. The number of nitrogens with zero attached hydrogens (tertiary/aromatic N) is 3. The Hall–Kier alpha value is -1.46. The Morgan fingerprint density at radius 2 is 1.92 bits per heavy atom. The molecule has 0 bridgehead atoms. The second kappa shape index (κ2) is 7.19. The zero-order chi connectivity index (χ0) is 17.3. The molecule has 2 unspecified atom stereocenters. The monoisotopic (exact) mass is 333 g/mol. The first kappa shape index (κ1) is 17.4. The van der Waals surface area contributed by atoms with Gasteiger partial charge in [-0.15, -0.1) is 0 Å². The number of hydrogen-bond donors (Lipinski definition) is 0. The molecule has 0 aromatic carbocycles. The van der Waals surface area contributed by atoms with E-state index < -0.39 is 6.17 Å². The van der Waals surface area contributed by atoms with Crippen LogP contribution in [0.25, 0.3) is 0 Å². The minimum atomic E-state index is -0.987. The van der Waals surface area contributed by atoms with Gasteiger partial charge in [-0.3, -0.25) is 9.69 Å². The largest absolute Gasteiger partial charge is 0.312 e. The number of carbonyl (C=O) groups excluding carboxylic acids is 1. The molecule has 2 atom stereocenters. The summed E-state index contributed by atoms with van der Waals surface area (Å²) in [6.45, 7) is 9.34. The summed E-state index contributed by atoms with van der Waals surface area (Å²) in [5.41, 5.74) is 2.42. The molecule has 1 saturated heterocycles. The lowest BCUT2D eigenvalue weighted by atomic mass is 9.95. The molecule has 0 saturated carbocycles. The van der Waals surface area contributed by atoms with Crippen LogP contribution in [-0.2, 0) is 4.79 Å². The summed E-state index contributed by atoms with van der Waals surface area (Å²) in [7, 11) is 2.12. The van der Waals surface area contributed by atoms with Crippen molar-refractivity contribution in [1.82, 2.24) is 14.7 Å². The molecule has 2 aliphatic heterocycles. The summed E-state index contributed by atoms with van der Waals surface area (Å²) in [5, 5.41) is 0. The third-order valence-electron chi connectivity index (χ3n) is 5.22. The first-order chi connectivity index (χ1) is 11.4. The van der Waals surface area contributed by atoms with Crippen LogP contribution in [0.3, 0.4) is 0 Å². The second-order valence-electron chi connectivity index (χ2n) is 7.39. The molecule has 0 aromatic rings. The number of alkyl halides is 1. The standard InChI is InChI=1S/C19H28FN3O/c1-14-10-15(2)19(24)23(12-14)17-5-4-16(18(20)11-17)13-22-8-6-21(3)7-9-22/h4-5,10,14,18H,6-9,11-13H2,1-3H3. The molecule has 0 aromatic heterocycles. The van der Waals surface area contributed by atoms with E-state index in [-0.39, 0.29) is 5.91 Å². The molecule has 3 aliphatic rings. The highest BCUT2D eigenvalue weighted by Gasteiger charge is 2.30. The van der Waals surface area contributed by atoms with E-state index >= 15 is 0 Å². The summed E-state index contributed by atoms with van der Waals surface area (Å²) in [5.74, 6) is 0.333. The third kappa shape index (κ3) is 3.78. The van der Waals surface area contributed by atoms with Crippen LogP contribution in [0.15, 0.2) is 35.1 Å². The van der Waals surface area contributed by atoms with Crippen LogP contribution in [0.5, 0.6) is 0 Å². The summed E-state index contributed by atoms with van der Waals surface area (Å²) < 4.78 is 14.7. The van der Waals surface area contributed by atoms with Crippen molar-refractivity contribution in [2.75, 3.05) is 46.3 Å². The summed E-state index contributed by atoms with van der Waals surface area (Å²) in [4.78, 5) is 18.7. The maximum atomic E-state index is 14.7. The molecule has 5 heteroatoms. The van der Waals surface area contributed by atoms with Crippen molar-refractivity contribution in [3.8, 4) is 0 Å². The summed E-state index contributed by atoms with van der Waals surface area (Å²) in [6, 6.07) is 0. The fourth-order valence-electron chi connectivity index (χ4n) is 3.69. The van der Waals surface area contributed by atoms with Crippen LogP contribution in [-0.4, -0.2) is 73.1 Å². The number of hydrogen-bond acceptors (Lipinski definition) is 3. The Morgan fingerprint density at radius 3 is 2.58 bits per heavy atom. The molecule has 1 fully saturated rings. The van der Waals surface area contributed by atoms with Crippen LogP contribution in [0.2, 0.25) is 0 Å². The normalized spacial score (nSPS) is 30.1. The Labute approximate surface area is 144 Å². The van der Waals surface area contributed by atoms with Crippen molar-refractivity contribution < 1.29 is 9.18 Å². The van der Waals surface area contributed by atoms with Crippen LogP contribution in [0, 0.1) is 5.92 Å². The van der Waals surface area contributed by atoms with Gasteiger partial charge in [0.2, 0.25) is 0 Å². The highest BCUT2D eigenvalue weighted by atomic mass is 19.1. The van der Waals surface area contributed by atoms with Gasteiger partial charge in [0.05, 0.1) is 0 Å². The van der Waals surface area contributed by atoms with Crippen LogP contribution < -0.4 is 0 Å². The van der Waals surface area contributed by atoms with E-state index in [1.54, 1.807) is 4.90 Å².